The molecule has 0 radical (unpaired) electrons. The Kier molecular flexibility index (Phi) is 3.56. The third-order valence-corrected chi connectivity index (χ3v) is 4.22. The molecule has 0 amide bonds. The molecule has 2 N–H and O–H groups in total. The van der Waals surface area contributed by atoms with E-state index in [1.807, 2.05) is 0 Å². The van der Waals surface area contributed by atoms with Gasteiger partial charge >= 0.3 is 0 Å². The first-order chi connectivity index (χ1) is 9.18. The standard InChI is InChI=1S/C13H22N4O2/c1-2-17-6-7-18-10(9-17)12-15-11(19-16-12)8-13(14)4-3-5-13/h10H,2-9,14H2,1H3. The summed E-state index contributed by atoms with van der Waals surface area (Å²) in [4.78, 5) is 6.79. The van der Waals surface area contributed by atoms with Crippen molar-refractivity contribution >= 4 is 0 Å². The van der Waals surface area contributed by atoms with Crippen molar-refractivity contribution in [3.05, 3.63) is 11.7 Å². The third kappa shape index (κ3) is 2.80. The van der Waals surface area contributed by atoms with E-state index in [-0.39, 0.29) is 11.6 Å². The summed E-state index contributed by atoms with van der Waals surface area (Å²) in [6.45, 7) is 5.71. The fourth-order valence-electron chi connectivity index (χ4n) is 2.73. The number of nitrogens with two attached hydrogens (primary N) is 1. The van der Waals surface area contributed by atoms with Crippen LogP contribution in [0.2, 0.25) is 0 Å². The lowest BCUT2D eigenvalue weighted by Gasteiger charge is -2.36. The molecule has 1 aliphatic heterocycles. The van der Waals surface area contributed by atoms with Gasteiger partial charge in [0.25, 0.3) is 0 Å². The van der Waals surface area contributed by atoms with E-state index in [9.17, 15) is 0 Å². The van der Waals surface area contributed by atoms with Crippen LogP contribution in [0.5, 0.6) is 0 Å². The molecule has 19 heavy (non-hydrogen) atoms. The molecule has 6 nitrogen and oxygen atoms in total. The molecule has 0 spiro atoms. The Morgan fingerprint density at radius 3 is 3.00 bits per heavy atom. The number of rotatable bonds is 4. The predicted octanol–water partition coefficient (Wildman–Crippen LogP) is 0.887. The van der Waals surface area contributed by atoms with Gasteiger partial charge in [0.1, 0.15) is 6.10 Å². The van der Waals surface area contributed by atoms with E-state index < -0.39 is 0 Å². The maximum Gasteiger partial charge on any atom is 0.228 e. The lowest BCUT2D eigenvalue weighted by atomic mass is 9.75. The van der Waals surface area contributed by atoms with Gasteiger partial charge in [-0.3, -0.25) is 4.90 Å². The lowest BCUT2D eigenvalue weighted by molar-refractivity contribution is -0.0334. The van der Waals surface area contributed by atoms with Crippen molar-refractivity contribution in [3.63, 3.8) is 0 Å². The second-order valence-electron chi connectivity index (χ2n) is 5.69. The van der Waals surface area contributed by atoms with Gasteiger partial charge in [-0.05, 0) is 25.8 Å². The zero-order valence-electron chi connectivity index (χ0n) is 11.5. The normalized spacial score (nSPS) is 27.2. The Labute approximate surface area is 113 Å². The lowest BCUT2D eigenvalue weighted by Crippen LogP contribution is -2.48. The van der Waals surface area contributed by atoms with Crippen molar-refractivity contribution in [2.24, 2.45) is 5.73 Å². The van der Waals surface area contributed by atoms with E-state index in [0.29, 0.717) is 18.1 Å². The largest absolute Gasteiger partial charge is 0.367 e. The van der Waals surface area contributed by atoms with Gasteiger partial charge in [-0.2, -0.15) is 4.98 Å². The van der Waals surface area contributed by atoms with Gasteiger partial charge in [0.2, 0.25) is 11.7 Å². The molecule has 1 aromatic rings. The SMILES string of the molecule is CCN1CCOC(c2noc(CC3(N)CCC3)n2)C1. The molecule has 1 aliphatic carbocycles. The summed E-state index contributed by atoms with van der Waals surface area (Å²) in [6, 6.07) is 0. The van der Waals surface area contributed by atoms with E-state index in [1.54, 1.807) is 0 Å². The van der Waals surface area contributed by atoms with E-state index in [2.05, 4.69) is 22.0 Å². The minimum atomic E-state index is -0.118. The van der Waals surface area contributed by atoms with Crippen molar-refractivity contribution in [2.75, 3.05) is 26.2 Å². The first kappa shape index (κ1) is 13.0. The van der Waals surface area contributed by atoms with Crippen LogP contribution >= 0.6 is 0 Å². The minimum Gasteiger partial charge on any atom is -0.367 e. The molecule has 2 heterocycles. The first-order valence-electron chi connectivity index (χ1n) is 7.14. The molecule has 2 aliphatic rings. The molecule has 0 aromatic carbocycles. The Morgan fingerprint density at radius 1 is 1.47 bits per heavy atom. The Hall–Kier alpha value is -0.980. The molecule has 1 unspecified atom stereocenters. The molecular formula is C13H22N4O2. The number of ether oxygens (including phenoxy) is 1. The van der Waals surface area contributed by atoms with Crippen molar-refractivity contribution in [2.45, 2.75) is 44.2 Å². The van der Waals surface area contributed by atoms with E-state index in [0.717, 1.165) is 39.1 Å². The number of hydrogen-bond acceptors (Lipinski definition) is 6. The Bertz CT molecular complexity index is 430. The van der Waals surface area contributed by atoms with Crippen LogP contribution in [0.3, 0.4) is 0 Å². The maximum absolute atomic E-state index is 6.20. The van der Waals surface area contributed by atoms with Crippen LogP contribution in [0.4, 0.5) is 0 Å². The van der Waals surface area contributed by atoms with Crippen LogP contribution in [0.15, 0.2) is 4.52 Å². The van der Waals surface area contributed by atoms with Crippen molar-refractivity contribution in [1.82, 2.24) is 15.0 Å². The average Bonchev–Trinajstić information content (AvgIpc) is 2.85. The number of nitrogens with zero attached hydrogens (tertiary/aromatic N) is 3. The fourth-order valence-corrected chi connectivity index (χ4v) is 2.73. The Balaban J connectivity index is 1.63. The molecule has 106 valence electrons. The van der Waals surface area contributed by atoms with Crippen LogP contribution in [0.1, 0.15) is 44.0 Å². The van der Waals surface area contributed by atoms with Crippen LogP contribution in [-0.2, 0) is 11.2 Å². The van der Waals surface area contributed by atoms with Crippen LogP contribution in [0.25, 0.3) is 0 Å². The molecule has 2 fully saturated rings. The highest BCUT2D eigenvalue weighted by atomic mass is 16.5. The van der Waals surface area contributed by atoms with E-state index >= 15 is 0 Å². The average molecular weight is 266 g/mol. The number of hydrogen-bond donors (Lipinski definition) is 1. The molecular weight excluding hydrogens is 244 g/mol. The number of likely N-dealkylation sites (N-methyl/N-ethyl adjacent to an activating group) is 1. The van der Waals surface area contributed by atoms with Gasteiger partial charge in [0.15, 0.2) is 0 Å². The number of morpholine rings is 1. The zero-order chi connectivity index (χ0) is 13.3. The smallest absolute Gasteiger partial charge is 0.228 e. The summed E-state index contributed by atoms with van der Waals surface area (Å²) in [6.07, 6.45) is 3.92. The summed E-state index contributed by atoms with van der Waals surface area (Å²) in [5, 5.41) is 4.06. The molecule has 3 rings (SSSR count). The summed E-state index contributed by atoms with van der Waals surface area (Å²) < 4.78 is 11.0. The molecule has 1 aromatic heterocycles. The number of aromatic nitrogens is 2. The summed E-state index contributed by atoms with van der Waals surface area (Å²) >= 11 is 0. The first-order valence-corrected chi connectivity index (χ1v) is 7.14. The maximum atomic E-state index is 6.20. The summed E-state index contributed by atoms with van der Waals surface area (Å²) in [7, 11) is 0. The minimum absolute atomic E-state index is 0.0682. The second-order valence-corrected chi connectivity index (χ2v) is 5.69. The highest BCUT2D eigenvalue weighted by Gasteiger charge is 2.35. The van der Waals surface area contributed by atoms with Gasteiger partial charge in [-0.25, -0.2) is 0 Å². The Morgan fingerprint density at radius 2 is 2.32 bits per heavy atom. The second kappa shape index (κ2) is 5.19. The van der Waals surface area contributed by atoms with Crippen LogP contribution in [-0.4, -0.2) is 46.8 Å². The highest BCUT2D eigenvalue weighted by Crippen LogP contribution is 2.32. The van der Waals surface area contributed by atoms with Gasteiger partial charge in [0, 0.05) is 25.0 Å². The van der Waals surface area contributed by atoms with Crippen molar-refractivity contribution in [1.29, 1.82) is 0 Å². The van der Waals surface area contributed by atoms with Gasteiger partial charge in [-0.15, -0.1) is 0 Å². The van der Waals surface area contributed by atoms with Gasteiger partial charge in [-0.1, -0.05) is 12.1 Å². The van der Waals surface area contributed by atoms with Crippen LogP contribution < -0.4 is 5.73 Å². The third-order valence-electron chi connectivity index (χ3n) is 4.22. The summed E-state index contributed by atoms with van der Waals surface area (Å²) in [5.41, 5.74) is 6.08. The quantitative estimate of drug-likeness (QED) is 0.872. The van der Waals surface area contributed by atoms with Crippen LogP contribution in [0, 0.1) is 0 Å². The van der Waals surface area contributed by atoms with Crippen molar-refractivity contribution in [3.8, 4) is 0 Å². The topological polar surface area (TPSA) is 77.4 Å². The van der Waals surface area contributed by atoms with Gasteiger partial charge in [0.05, 0.1) is 6.61 Å². The molecule has 0 bridgehead atoms. The molecule has 1 saturated carbocycles. The van der Waals surface area contributed by atoms with E-state index in [4.69, 9.17) is 15.0 Å². The molecule has 1 atom stereocenters. The van der Waals surface area contributed by atoms with Gasteiger partial charge < -0.3 is 15.0 Å². The summed E-state index contributed by atoms with van der Waals surface area (Å²) in [5.74, 6) is 1.31. The molecule has 6 heteroatoms. The monoisotopic (exact) mass is 266 g/mol. The van der Waals surface area contributed by atoms with E-state index in [1.165, 1.54) is 6.42 Å². The molecule has 1 saturated heterocycles. The van der Waals surface area contributed by atoms with Crippen molar-refractivity contribution < 1.29 is 9.26 Å². The zero-order valence-corrected chi connectivity index (χ0v) is 11.5. The highest BCUT2D eigenvalue weighted by molar-refractivity contribution is 5.02. The predicted molar refractivity (Wildman–Crippen MR) is 69.6 cm³/mol. The fraction of sp³-hybridized carbons (Fsp3) is 0.846.